The summed E-state index contributed by atoms with van der Waals surface area (Å²) in [5, 5.41) is 3.29. The molecule has 0 saturated carbocycles. The first-order valence-electron chi connectivity index (χ1n) is 11.1. The molecule has 5 heteroatoms. The van der Waals surface area contributed by atoms with Gasteiger partial charge in [-0.2, -0.15) is 0 Å². The molecule has 1 N–H and O–H groups in total. The third-order valence-corrected chi connectivity index (χ3v) is 6.32. The van der Waals surface area contributed by atoms with Crippen molar-refractivity contribution in [3.05, 3.63) is 66.0 Å². The van der Waals surface area contributed by atoms with Gasteiger partial charge in [0.25, 0.3) is 0 Å². The van der Waals surface area contributed by atoms with Crippen molar-refractivity contribution in [3.63, 3.8) is 0 Å². The van der Waals surface area contributed by atoms with Gasteiger partial charge < -0.3 is 10.2 Å². The number of nitrogens with zero attached hydrogens (tertiary/aromatic N) is 3. The summed E-state index contributed by atoms with van der Waals surface area (Å²) in [6, 6.07) is 15.1. The zero-order valence-electron chi connectivity index (χ0n) is 17.2. The van der Waals surface area contributed by atoms with Crippen molar-refractivity contribution < 1.29 is 4.79 Å². The second-order valence-corrected chi connectivity index (χ2v) is 8.19. The fourth-order valence-corrected chi connectivity index (χ4v) is 4.76. The molecule has 2 aliphatic heterocycles. The van der Waals surface area contributed by atoms with E-state index in [1.807, 2.05) is 29.4 Å². The van der Waals surface area contributed by atoms with Crippen molar-refractivity contribution in [2.75, 3.05) is 26.2 Å². The highest BCUT2D eigenvalue weighted by Crippen LogP contribution is 2.30. The number of urea groups is 1. The minimum Gasteiger partial charge on any atom is -0.336 e. The largest absolute Gasteiger partial charge is 0.336 e. The molecular weight excluding hydrogens is 360 g/mol. The summed E-state index contributed by atoms with van der Waals surface area (Å²) in [7, 11) is 0. The normalized spacial score (nSPS) is 21.5. The average molecular weight is 393 g/mol. The molecule has 2 aromatic rings. The van der Waals surface area contributed by atoms with Gasteiger partial charge in [-0.25, -0.2) is 4.79 Å². The second-order valence-electron chi connectivity index (χ2n) is 8.19. The summed E-state index contributed by atoms with van der Waals surface area (Å²) in [4.78, 5) is 22.0. The van der Waals surface area contributed by atoms with E-state index >= 15 is 0 Å². The maximum absolute atomic E-state index is 13.3. The SMILES string of the molecule is O=C(NCC(c1ccccc1)N1CCCC1)N1CCCCCC1c1ccncc1. The summed E-state index contributed by atoms with van der Waals surface area (Å²) >= 11 is 0. The van der Waals surface area contributed by atoms with Gasteiger partial charge in [-0.15, -0.1) is 0 Å². The van der Waals surface area contributed by atoms with Crippen LogP contribution >= 0.6 is 0 Å². The van der Waals surface area contributed by atoms with Gasteiger partial charge in [0.2, 0.25) is 0 Å². The number of hydrogen-bond acceptors (Lipinski definition) is 3. The van der Waals surface area contributed by atoms with Crippen LogP contribution < -0.4 is 5.32 Å². The van der Waals surface area contributed by atoms with Crippen LogP contribution in [0.1, 0.15) is 61.7 Å². The van der Waals surface area contributed by atoms with Crippen molar-refractivity contribution in [1.29, 1.82) is 0 Å². The van der Waals surface area contributed by atoms with Crippen LogP contribution in [0.5, 0.6) is 0 Å². The van der Waals surface area contributed by atoms with Gasteiger partial charge >= 0.3 is 6.03 Å². The van der Waals surface area contributed by atoms with Crippen molar-refractivity contribution in [3.8, 4) is 0 Å². The Morgan fingerprint density at radius 2 is 1.69 bits per heavy atom. The van der Waals surface area contributed by atoms with E-state index in [9.17, 15) is 4.79 Å². The van der Waals surface area contributed by atoms with E-state index in [1.165, 1.54) is 30.4 Å². The molecule has 4 rings (SSSR count). The zero-order valence-corrected chi connectivity index (χ0v) is 17.2. The summed E-state index contributed by atoms with van der Waals surface area (Å²) in [5.74, 6) is 0. The van der Waals surface area contributed by atoms with Gasteiger partial charge in [0, 0.05) is 25.5 Å². The molecule has 1 aromatic carbocycles. The van der Waals surface area contributed by atoms with E-state index in [1.54, 1.807) is 0 Å². The number of rotatable bonds is 5. The number of carbonyl (C=O) groups is 1. The summed E-state index contributed by atoms with van der Waals surface area (Å²) in [6.07, 6.45) is 10.6. The quantitative estimate of drug-likeness (QED) is 0.812. The number of aromatic nitrogens is 1. The van der Waals surface area contributed by atoms with E-state index in [4.69, 9.17) is 0 Å². The lowest BCUT2D eigenvalue weighted by molar-refractivity contribution is 0.168. The molecule has 2 unspecified atom stereocenters. The minimum atomic E-state index is 0.0637. The highest BCUT2D eigenvalue weighted by molar-refractivity contribution is 5.75. The standard InChI is InChI=1S/C24H32N4O/c29-24(28-18-6-2-5-11-22(28)21-12-14-25-15-13-21)26-19-23(27-16-7-8-17-27)20-9-3-1-4-10-20/h1,3-4,9-10,12-15,22-23H,2,5-8,11,16-19H2,(H,26,29). The fraction of sp³-hybridized carbons (Fsp3) is 0.500. The first-order valence-corrected chi connectivity index (χ1v) is 11.1. The lowest BCUT2D eigenvalue weighted by Gasteiger charge is -2.33. The Morgan fingerprint density at radius 3 is 2.45 bits per heavy atom. The molecule has 29 heavy (non-hydrogen) atoms. The predicted octanol–water partition coefficient (Wildman–Crippen LogP) is 4.55. The van der Waals surface area contributed by atoms with Gasteiger partial charge in [0.1, 0.15) is 0 Å². The van der Waals surface area contributed by atoms with Crippen LogP contribution in [-0.2, 0) is 0 Å². The Hall–Kier alpha value is -2.40. The molecule has 0 aliphatic carbocycles. The van der Waals surface area contributed by atoms with Gasteiger partial charge in [0.15, 0.2) is 0 Å². The van der Waals surface area contributed by atoms with Crippen molar-refractivity contribution in [1.82, 2.24) is 20.1 Å². The molecule has 1 aromatic heterocycles. The van der Waals surface area contributed by atoms with Crippen LogP contribution in [0.15, 0.2) is 54.9 Å². The van der Waals surface area contributed by atoms with Gasteiger partial charge in [-0.1, -0.05) is 43.2 Å². The molecular formula is C24H32N4O. The van der Waals surface area contributed by atoms with Crippen molar-refractivity contribution in [2.24, 2.45) is 0 Å². The summed E-state index contributed by atoms with van der Waals surface area (Å²) < 4.78 is 0. The fourth-order valence-electron chi connectivity index (χ4n) is 4.76. The highest BCUT2D eigenvalue weighted by atomic mass is 16.2. The van der Waals surface area contributed by atoms with Crippen molar-refractivity contribution in [2.45, 2.75) is 50.6 Å². The number of pyridine rings is 1. The molecule has 3 heterocycles. The Kier molecular flexibility index (Phi) is 6.78. The Labute approximate surface area is 174 Å². The lowest BCUT2D eigenvalue weighted by Crippen LogP contribution is -2.45. The molecule has 0 spiro atoms. The van der Waals surface area contributed by atoms with Crippen LogP contribution in [0.2, 0.25) is 0 Å². The zero-order chi connectivity index (χ0) is 19.9. The molecule has 0 bridgehead atoms. The van der Waals surface area contributed by atoms with Gasteiger partial charge in [-0.05, 0) is 62.0 Å². The maximum atomic E-state index is 13.3. The van der Waals surface area contributed by atoms with E-state index in [0.717, 1.165) is 38.9 Å². The van der Waals surface area contributed by atoms with E-state index in [0.29, 0.717) is 6.54 Å². The van der Waals surface area contributed by atoms with Crippen molar-refractivity contribution >= 4 is 6.03 Å². The summed E-state index contributed by atoms with van der Waals surface area (Å²) in [5.41, 5.74) is 2.48. The molecule has 2 amide bonds. The first kappa shape index (κ1) is 19.9. The molecule has 2 atom stereocenters. The highest BCUT2D eigenvalue weighted by Gasteiger charge is 2.29. The Balaban J connectivity index is 1.47. The predicted molar refractivity (Wildman–Crippen MR) is 116 cm³/mol. The van der Waals surface area contributed by atoms with Gasteiger partial charge in [-0.3, -0.25) is 9.88 Å². The number of carbonyl (C=O) groups excluding carboxylic acids is 1. The number of hydrogen-bond donors (Lipinski definition) is 1. The van der Waals surface area contributed by atoms with Crippen LogP contribution in [0, 0.1) is 0 Å². The molecule has 2 saturated heterocycles. The number of benzene rings is 1. The van der Waals surface area contributed by atoms with E-state index < -0.39 is 0 Å². The topological polar surface area (TPSA) is 48.5 Å². The molecule has 154 valence electrons. The summed E-state index contributed by atoms with van der Waals surface area (Å²) in [6.45, 7) is 3.69. The monoisotopic (exact) mass is 392 g/mol. The van der Waals surface area contributed by atoms with Gasteiger partial charge in [0.05, 0.1) is 12.1 Å². The maximum Gasteiger partial charge on any atom is 0.317 e. The van der Waals surface area contributed by atoms with Crippen LogP contribution in [0.3, 0.4) is 0 Å². The number of likely N-dealkylation sites (tertiary alicyclic amines) is 2. The van der Waals surface area contributed by atoms with E-state index in [-0.39, 0.29) is 18.1 Å². The van der Waals surface area contributed by atoms with Crippen LogP contribution in [-0.4, -0.2) is 47.0 Å². The molecule has 2 aliphatic rings. The Bertz CT molecular complexity index is 761. The lowest BCUT2D eigenvalue weighted by atomic mass is 10.0. The smallest absolute Gasteiger partial charge is 0.317 e. The first-order chi connectivity index (χ1) is 14.3. The number of amides is 2. The average Bonchev–Trinajstić information content (AvgIpc) is 3.18. The van der Waals surface area contributed by atoms with Crippen LogP contribution in [0.25, 0.3) is 0 Å². The molecule has 2 fully saturated rings. The Morgan fingerprint density at radius 1 is 0.966 bits per heavy atom. The molecule has 0 radical (unpaired) electrons. The third kappa shape index (κ3) is 4.96. The van der Waals surface area contributed by atoms with Crippen LogP contribution in [0.4, 0.5) is 4.79 Å². The number of nitrogens with one attached hydrogen (secondary N) is 1. The minimum absolute atomic E-state index is 0.0637. The third-order valence-electron chi connectivity index (χ3n) is 6.32. The molecule has 5 nitrogen and oxygen atoms in total. The van der Waals surface area contributed by atoms with E-state index in [2.05, 4.69) is 45.5 Å². The second kappa shape index (κ2) is 9.88.